The average Bonchev–Trinajstić information content (AvgIpc) is 2.60. The largest absolute Gasteiger partial charge is 0.324 e. The molecule has 1 rings (SSSR count). The molecule has 7 heteroatoms. The van der Waals surface area contributed by atoms with E-state index in [0.717, 1.165) is 31.6 Å². The molecule has 2 N–H and O–H groups in total. The van der Waals surface area contributed by atoms with Gasteiger partial charge in [-0.25, -0.2) is 9.97 Å². The first-order valence-electron chi connectivity index (χ1n) is 9.33. The molecule has 0 saturated carbocycles. The first-order valence-corrected chi connectivity index (χ1v) is 10.7. The van der Waals surface area contributed by atoms with Gasteiger partial charge in [-0.15, -0.1) is 0 Å². The van der Waals surface area contributed by atoms with E-state index < -0.39 is 0 Å². The van der Waals surface area contributed by atoms with Gasteiger partial charge in [0.15, 0.2) is 0 Å². The lowest BCUT2D eigenvalue weighted by atomic mass is 10.1. The van der Waals surface area contributed by atoms with Crippen LogP contribution in [0.4, 0.5) is 0 Å². The maximum Gasteiger partial charge on any atom is 0.200 e. The Morgan fingerprint density at radius 1 is 1.38 bits per heavy atom. The van der Waals surface area contributed by atoms with E-state index in [1.54, 1.807) is 24.0 Å². The van der Waals surface area contributed by atoms with Crippen molar-refractivity contribution in [2.75, 3.05) is 18.6 Å². The molecule has 0 saturated heterocycles. The van der Waals surface area contributed by atoms with Crippen LogP contribution in [0.2, 0.25) is 0 Å². The maximum absolute atomic E-state index is 13.2. The van der Waals surface area contributed by atoms with E-state index in [9.17, 15) is 4.79 Å². The van der Waals surface area contributed by atoms with Crippen molar-refractivity contribution in [3.8, 4) is 0 Å². The summed E-state index contributed by atoms with van der Waals surface area (Å²) in [5.41, 5.74) is 5.67. The molecule has 1 atom stereocenters. The molecule has 0 aliphatic heterocycles. The number of hydrogen-bond donors (Lipinski definition) is 1. The summed E-state index contributed by atoms with van der Waals surface area (Å²) in [6.07, 6.45) is 7.58. The summed E-state index contributed by atoms with van der Waals surface area (Å²) in [4.78, 5) is 27.8. The van der Waals surface area contributed by atoms with Crippen LogP contribution in [0, 0.1) is 0 Å². The summed E-state index contributed by atoms with van der Waals surface area (Å²) in [5, 5.41) is 1.87. The Morgan fingerprint density at radius 2 is 2.12 bits per heavy atom. The van der Waals surface area contributed by atoms with E-state index in [1.807, 2.05) is 32.1 Å². The van der Waals surface area contributed by atoms with E-state index in [1.165, 1.54) is 0 Å². The number of aromatic nitrogens is 2. The standard InChI is InChI=1S/C19H34N4O2S/c1-6-7-8-12-23(25-19(2,3)4)16(10-13-26-5)18(24)15-9-11-21-17(14-20)22-15/h9,11,16H,6-8,10,12-14,20H2,1-5H3. The van der Waals surface area contributed by atoms with E-state index in [2.05, 4.69) is 16.9 Å². The van der Waals surface area contributed by atoms with Gasteiger partial charge in [0.2, 0.25) is 5.78 Å². The zero-order valence-corrected chi connectivity index (χ0v) is 17.6. The normalized spacial score (nSPS) is 13.2. The van der Waals surface area contributed by atoms with Crippen molar-refractivity contribution in [1.29, 1.82) is 0 Å². The maximum atomic E-state index is 13.2. The number of Topliss-reactive ketones (excluding diaryl/α,β-unsaturated/α-hetero) is 1. The summed E-state index contributed by atoms with van der Waals surface area (Å²) in [5.74, 6) is 1.33. The van der Waals surface area contributed by atoms with Gasteiger partial charge in [0.05, 0.1) is 12.1 Å². The number of carbonyl (C=O) groups is 1. The van der Waals surface area contributed by atoms with Crippen LogP contribution in [0.1, 0.15) is 69.7 Å². The number of unbranched alkanes of at least 4 members (excludes halogenated alkanes) is 2. The van der Waals surface area contributed by atoms with Crippen LogP contribution in [0.25, 0.3) is 0 Å². The fraction of sp³-hybridized carbons (Fsp3) is 0.737. The molecule has 0 spiro atoms. The van der Waals surface area contributed by atoms with E-state index in [-0.39, 0.29) is 24.0 Å². The molecule has 1 aromatic heterocycles. The first-order chi connectivity index (χ1) is 12.3. The van der Waals surface area contributed by atoms with Gasteiger partial charge in [-0.3, -0.25) is 9.63 Å². The van der Waals surface area contributed by atoms with Crippen molar-refractivity contribution in [3.63, 3.8) is 0 Å². The third-order valence-corrected chi connectivity index (χ3v) is 4.40. The Kier molecular flexibility index (Phi) is 10.3. The molecule has 0 radical (unpaired) electrons. The number of carbonyl (C=O) groups excluding carboxylic acids is 1. The monoisotopic (exact) mass is 382 g/mol. The highest BCUT2D eigenvalue weighted by Gasteiger charge is 2.31. The minimum atomic E-state index is -0.363. The van der Waals surface area contributed by atoms with Crippen molar-refractivity contribution >= 4 is 17.5 Å². The van der Waals surface area contributed by atoms with Gasteiger partial charge < -0.3 is 5.73 Å². The van der Waals surface area contributed by atoms with Crippen LogP contribution >= 0.6 is 11.8 Å². The summed E-state index contributed by atoms with van der Waals surface area (Å²) in [7, 11) is 0. The molecule has 0 fully saturated rings. The van der Waals surface area contributed by atoms with Gasteiger partial charge >= 0.3 is 0 Å². The number of hydroxylamine groups is 2. The summed E-state index contributed by atoms with van der Waals surface area (Å²) in [6, 6.07) is 1.30. The SMILES string of the molecule is CCCCCN(OC(C)(C)C)C(CCSC)C(=O)c1ccnc(CN)n1. The summed E-state index contributed by atoms with van der Waals surface area (Å²) >= 11 is 1.73. The molecule has 1 unspecified atom stereocenters. The van der Waals surface area contributed by atoms with Crippen molar-refractivity contribution in [2.24, 2.45) is 5.73 Å². The fourth-order valence-electron chi connectivity index (χ4n) is 2.58. The minimum absolute atomic E-state index is 0.0306. The predicted octanol–water partition coefficient (Wildman–Crippen LogP) is 3.46. The highest BCUT2D eigenvalue weighted by molar-refractivity contribution is 7.98. The quantitative estimate of drug-likeness (QED) is 0.337. The zero-order chi connectivity index (χ0) is 19.6. The highest BCUT2D eigenvalue weighted by Crippen LogP contribution is 2.20. The second-order valence-corrected chi connectivity index (χ2v) is 8.26. The summed E-state index contributed by atoms with van der Waals surface area (Å²) < 4.78 is 0. The van der Waals surface area contributed by atoms with E-state index >= 15 is 0 Å². The molecule has 148 valence electrons. The predicted molar refractivity (Wildman–Crippen MR) is 108 cm³/mol. The van der Waals surface area contributed by atoms with Crippen LogP contribution in [0.15, 0.2) is 12.3 Å². The lowest BCUT2D eigenvalue weighted by molar-refractivity contribution is -0.241. The fourth-order valence-corrected chi connectivity index (χ4v) is 3.03. The van der Waals surface area contributed by atoms with Crippen molar-refractivity contribution in [1.82, 2.24) is 15.0 Å². The number of thioether (sulfide) groups is 1. The third-order valence-electron chi connectivity index (χ3n) is 3.76. The van der Waals surface area contributed by atoms with E-state index in [4.69, 9.17) is 10.6 Å². The molecule has 0 aliphatic carbocycles. The number of hydrogen-bond acceptors (Lipinski definition) is 7. The number of nitrogens with zero attached hydrogens (tertiary/aromatic N) is 3. The Hall–Kier alpha value is -1.02. The van der Waals surface area contributed by atoms with Crippen molar-refractivity contribution < 1.29 is 9.63 Å². The first kappa shape index (κ1) is 23.0. The van der Waals surface area contributed by atoms with Crippen molar-refractivity contribution in [2.45, 2.75) is 71.6 Å². The van der Waals surface area contributed by atoms with Gasteiger partial charge in [-0.1, -0.05) is 19.8 Å². The Bertz CT molecular complexity index is 549. The Labute approximate surface area is 162 Å². The minimum Gasteiger partial charge on any atom is -0.324 e. The van der Waals surface area contributed by atoms with Crippen LogP contribution in [0.5, 0.6) is 0 Å². The average molecular weight is 383 g/mol. The lowest BCUT2D eigenvalue weighted by Crippen LogP contribution is -2.46. The van der Waals surface area contributed by atoms with Crippen LogP contribution in [-0.2, 0) is 11.4 Å². The molecule has 0 amide bonds. The molecular formula is C19H34N4O2S. The van der Waals surface area contributed by atoms with E-state index in [0.29, 0.717) is 17.9 Å². The number of rotatable bonds is 12. The number of nitrogens with two attached hydrogens (primary N) is 1. The molecule has 1 aromatic rings. The summed E-state index contributed by atoms with van der Waals surface area (Å²) in [6.45, 7) is 9.13. The van der Waals surface area contributed by atoms with Crippen LogP contribution in [-0.4, -0.2) is 51.0 Å². The number of ketones is 1. The second-order valence-electron chi connectivity index (χ2n) is 7.28. The molecule has 0 bridgehead atoms. The Morgan fingerprint density at radius 3 is 2.69 bits per heavy atom. The topological polar surface area (TPSA) is 81.3 Å². The highest BCUT2D eigenvalue weighted by atomic mass is 32.2. The smallest absolute Gasteiger partial charge is 0.200 e. The van der Waals surface area contributed by atoms with Crippen molar-refractivity contribution in [3.05, 3.63) is 23.8 Å². The molecule has 0 aromatic carbocycles. The Balaban J connectivity index is 3.08. The van der Waals surface area contributed by atoms with Crippen LogP contribution < -0.4 is 5.73 Å². The lowest BCUT2D eigenvalue weighted by Gasteiger charge is -2.35. The molecule has 6 nitrogen and oxygen atoms in total. The van der Waals surface area contributed by atoms with Gasteiger partial charge in [0, 0.05) is 12.7 Å². The third kappa shape index (κ3) is 8.12. The van der Waals surface area contributed by atoms with Crippen LogP contribution in [0.3, 0.4) is 0 Å². The second kappa shape index (κ2) is 11.6. The van der Waals surface area contributed by atoms with Gasteiger partial charge in [0.25, 0.3) is 0 Å². The van der Waals surface area contributed by atoms with Gasteiger partial charge in [-0.2, -0.15) is 16.8 Å². The van der Waals surface area contributed by atoms with Gasteiger partial charge in [-0.05, 0) is 51.7 Å². The zero-order valence-electron chi connectivity index (χ0n) is 16.8. The van der Waals surface area contributed by atoms with Gasteiger partial charge in [0.1, 0.15) is 17.6 Å². The molecule has 26 heavy (non-hydrogen) atoms. The molecule has 1 heterocycles. The molecular weight excluding hydrogens is 348 g/mol. The molecule has 0 aliphatic rings.